The molecule has 3 nitrogen and oxygen atoms in total. The first-order chi connectivity index (χ1) is 23.7. The molecule has 0 spiro atoms. The minimum atomic E-state index is 0.887. The number of hydrogen-bond donors (Lipinski definition) is 0. The first-order valence-corrected chi connectivity index (χ1v) is 16.4. The van der Waals surface area contributed by atoms with Gasteiger partial charge in [0.15, 0.2) is 0 Å². The number of hydrogen-bond acceptors (Lipinski definition) is 1. The summed E-state index contributed by atoms with van der Waals surface area (Å²) in [5.41, 5.74) is 12.2. The minimum Gasteiger partial charge on any atom is -0.456 e. The van der Waals surface area contributed by atoms with Gasteiger partial charge in [-0.05, 0) is 77.4 Å². The van der Waals surface area contributed by atoms with E-state index in [1.807, 2.05) is 6.08 Å². The lowest BCUT2D eigenvalue weighted by atomic mass is 9.96. The number of nitrogens with zero attached hydrogens (tertiary/aromatic N) is 2. The van der Waals surface area contributed by atoms with Gasteiger partial charge in [-0.15, -0.1) is 0 Å². The molecule has 7 aromatic carbocycles. The van der Waals surface area contributed by atoms with Gasteiger partial charge >= 0.3 is 0 Å². The van der Waals surface area contributed by atoms with Crippen LogP contribution in [0.5, 0.6) is 0 Å². The normalized spacial score (nSPS) is 11.9. The second-order valence-electron chi connectivity index (χ2n) is 12.6. The van der Waals surface area contributed by atoms with E-state index in [2.05, 4.69) is 168 Å². The second kappa shape index (κ2) is 10.1. The molecule has 0 aliphatic heterocycles. The Labute approximate surface area is 277 Å². The predicted octanol–water partition coefficient (Wildman–Crippen LogP) is 12.4. The summed E-state index contributed by atoms with van der Waals surface area (Å²) in [7, 11) is 0. The maximum absolute atomic E-state index is 6.53. The van der Waals surface area contributed by atoms with Gasteiger partial charge < -0.3 is 13.6 Å². The SMILES string of the molecule is C=Cc1ccccc1-c1c(C)n(-c2ccccc2)c2cc3c(cc12)c1ccccc1n3-c1ccc2c(c1)oc1ccc3ccccc3c12. The zero-order valence-electron chi connectivity index (χ0n) is 26.4. The summed E-state index contributed by atoms with van der Waals surface area (Å²) in [5, 5.41) is 8.40. The highest BCUT2D eigenvalue weighted by Gasteiger charge is 2.22. The van der Waals surface area contributed by atoms with E-state index in [0.29, 0.717) is 0 Å². The van der Waals surface area contributed by atoms with E-state index >= 15 is 0 Å². The fourth-order valence-electron chi connectivity index (χ4n) is 7.98. The summed E-state index contributed by atoms with van der Waals surface area (Å²) < 4.78 is 11.3. The Morgan fingerprint density at radius 1 is 0.521 bits per heavy atom. The Bertz CT molecular complexity index is 2920. The molecule has 0 saturated carbocycles. The number of benzene rings is 7. The van der Waals surface area contributed by atoms with Crippen molar-refractivity contribution in [2.75, 3.05) is 0 Å². The zero-order chi connectivity index (χ0) is 31.9. The van der Waals surface area contributed by atoms with Crippen LogP contribution in [0.4, 0.5) is 0 Å². The van der Waals surface area contributed by atoms with Crippen LogP contribution in [-0.4, -0.2) is 9.13 Å². The Balaban J connectivity index is 1.31. The van der Waals surface area contributed by atoms with Crippen molar-refractivity contribution in [3.8, 4) is 22.5 Å². The summed E-state index contributed by atoms with van der Waals surface area (Å²) >= 11 is 0. The average Bonchev–Trinajstić information content (AvgIpc) is 3.77. The third kappa shape index (κ3) is 3.70. The van der Waals surface area contributed by atoms with Gasteiger partial charge in [0, 0.05) is 55.6 Å². The lowest BCUT2D eigenvalue weighted by Crippen LogP contribution is -1.97. The molecule has 0 aliphatic rings. The maximum atomic E-state index is 6.53. The van der Waals surface area contributed by atoms with E-state index in [1.165, 1.54) is 54.7 Å². The van der Waals surface area contributed by atoms with Crippen molar-refractivity contribution in [2.45, 2.75) is 6.92 Å². The first kappa shape index (κ1) is 26.9. The van der Waals surface area contributed by atoms with Crippen molar-refractivity contribution in [3.63, 3.8) is 0 Å². The lowest BCUT2D eigenvalue weighted by Gasteiger charge is -2.11. The summed E-state index contributed by atoms with van der Waals surface area (Å²) in [6.07, 6.45) is 1.96. The van der Waals surface area contributed by atoms with Crippen LogP contribution in [0.15, 0.2) is 157 Å². The van der Waals surface area contributed by atoms with E-state index in [-0.39, 0.29) is 0 Å². The van der Waals surface area contributed by atoms with Crippen molar-refractivity contribution in [1.29, 1.82) is 0 Å². The molecular formula is C45H30N2O. The van der Waals surface area contributed by atoms with Crippen LogP contribution in [0, 0.1) is 6.92 Å². The first-order valence-electron chi connectivity index (χ1n) is 16.4. The monoisotopic (exact) mass is 614 g/mol. The van der Waals surface area contributed by atoms with E-state index in [0.717, 1.165) is 44.5 Å². The molecule has 0 aliphatic carbocycles. The number of aromatic nitrogens is 2. The number of fused-ring (bicyclic) bond motifs is 9. The number of furan rings is 1. The fraction of sp³-hybridized carbons (Fsp3) is 0.0222. The van der Waals surface area contributed by atoms with Gasteiger partial charge in [-0.2, -0.15) is 0 Å². The Kier molecular flexibility index (Phi) is 5.64. The fourth-order valence-corrected chi connectivity index (χ4v) is 7.98. The van der Waals surface area contributed by atoms with E-state index in [1.54, 1.807) is 0 Å². The molecule has 3 aromatic heterocycles. The van der Waals surface area contributed by atoms with E-state index in [4.69, 9.17) is 4.42 Å². The number of para-hydroxylation sites is 2. The standard InChI is InChI=1S/C45H30N2O/c1-3-29-13-7-9-17-33(29)44-28(2)46(31-15-5-4-6-16-31)41-27-40-37(26-38(41)44)35-19-11-12-20-39(35)47(40)32-22-23-36-43(25-32)48-42-24-21-30-14-8-10-18-34(30)45(36)42/h3-27H,1H2,2H3. The van der Waals surface area contributed by atoms with Crippen molar-refractivity contribution in [2.24, 2.45) is 0 Å². The molecule has 3 heteroatoms. The van der Waals surface area contributed by atoms with Gasteiger partial charge in [0.1, 0.15) is 11.2 Å². The number of rotatable bonds is 4. The zero-order valence-corrected chi connectivity index (χ0v) is 26.4. The van der Waals surface area contributed by atoms with Crippen molar-refractivity contribution >= 4 is 71.5 Å². The molecule has 10 rings (SSSR count). The molecule has 0 N–H and O–H groups in total. The lowest BCUT2D eigenvalue weighted by molar-refractivity contribution is 0.669. The smallest absolute Gasteiger partial charge is 0.137 e. The van der Waals surface area contributed by atoms with Crippen LogP contribution >= 0.6 is 0 Å². The minimum absolute atomic E-state index is 0.887. The van der Waals surface area contributed by atoms with Crippen molar-refractivity contribution < 1.29 is 4.42 Å². The van der Waals surface area contributed by atoms with Gasteiger partial charge in [0.2, 0.25) is 0 Å². The van der Waals surface area contributed by atoms with Crippen LogP contribution in [0.25, 0.3) is 94.0 Å². The molecule has 0 atom stereocenters. The van der Waals surface area contributed by atoms with Crippen LogP contribution in [0.1, 0.15) is 11.3 Å². The Hall–Kier alpha value is -6.32. The van der Waals surface area contributed by atoms with Gasteiger partial charge in [-0.25, -0.2) is 0 Å². The molecule has 48 heavy (non-hydrogen) atoms. The van der Waals surface area contributed by atoms with Gasteiger partial charge in [-0.3, -0.25) is 0 Å². The average molecular weight is 615 g/mol. The third-order valence-electron chi connectivity index (χ3n) is 10.1. The quantitative estimate of drug-likeness (QED) is 0.193. The molecule has 0 amide bonds. The van der Waals surface area contributed by atoms with Crippen molar-refractivity contribution in [1.82, 2.24) is 9.13 Å². The molecule has 0 saturated heterocycles. The maximum Gasteiger partial charge on any atom is 0.137 e. The topological polar surface area (TPSA) is 23.0 Å². The van der Waals surface area contributed by atoms with E-state index in [9.17, 15) is 0 Å². The largest absolute Gasteiger partial charge is 0.456 e. The van der Waals surface area contributed by atoms with Gasteiger partial charge in [-0.1, -0.05) is 104 Å². The summed E-state index contributed by atoms with van der Waals surface area (Å²) in [6.45, 7) is 6.39. The van der Waals surface area contributed by atoms with Crippen LogP contribution in [0.3, 0.4) is 0 Å². The van der Waals surface area contributed by atoms with Crippen molar-refractivity contribution in [3.05, 3.63) is 163 Å². The molecule has 226 valence electrons. The summed E-state index contributed by atoms with van der Waals surface area (Å²) in [6, 6.07) is 52.2. The molecule has 0 fully saturated rings. The highest BCUT2D eigenvalue weighted by Crippen LogP contribution is 2.43. The van der Waals surface area contributed by atoms with Crippen LogP contribution in [-0.2, 0) is 0 Å². The summed E-state index contributed by atoms with van der Waals surface area (Å²) in [5.74, 6) is 0. The summed E-state index contributed by atoms with van der Waals surface area (Å²) in [4.78, 5) is 0. The predicted molar refractivity (Wildman–Crippen MR) is 203 cm³/mol. The van der Waals surface area contributed by atoms with E-state index < -0.39 is 0 Å². The molecule has 0 bridgehead atoms. The second-order valence-corrected chi connectivity index (χ2v) is 12.6. The molecule has 3 heterocycles. The molecule has 0 unspecified atom stereocenters. The Morgan fingerprint density at radius 2 is 1.27 bits per heavy atom. The van der Waals surface area contributed by atoms with Crippen LogP contribution < -0.4 is 0 Å². The molecule has 0 radical (unpaired) electrons. The van der Waals surface area contributed by atoms with Gasteiger partial charge in [0.05, 0.1) is 16.6 Å². The van der Waals surface area contributed by atoms with Crippen LogP contribution in [0.2, 0.25) is 0 Å². The molecule has 10 aromatic rings. The Morgan fingerprint density at radius 3 is 2.15 bits per heavy atom. The highest BCUT2D eigenvalue weighted by atomic mass is 16.3. The highest BCUT2D eigenvalue weighted by molar-refractivity contribution is 6.20. The molecular weight excluding hydrogens is 585 g/mol. The van der Waals surface area contributed by atoms with Gasteiger partial charge in [0.25, 0.3) is 0 Å². The third-order valence-corrected chi connectivity index (χ3v) is 10.1.